The number of rotatable bonds is 4. The molecule has 1 N–H and O–H groups in total. The zero-order valence-electron chi connectivity index (χ0n) is 13.2. The quantitative estimate of drug-likeness (QED) is 0.922. The Kier molecular flexibility index (Phi) is 3.57. The molecule has 0 bridgehead atoms. The number of carbonyl (C=O) groups excluding carboxylic acids is 1. The van der Waals surface area contributed by atoms with Gasteiger partial charge in [0.15, 0.2) is 0 Å². The van der Waals surface area contributed by atoms with Crippen molar-refractivity contribution in [3.8, 4) is 0 Å². The number of sulfonamides is 1. The molecular weight excluding hydrogens is 300 g/mol. The summed E-state index contributed by atoms with van der Waals surface area (Å²) in [5.41, 5.74) is 1.55. The molecular formula is C16H22N2O3S. The van der Waals surface area contributed by atoms with Crippen LogP contribution in [-0.2, 0) is 20.2 Å². The number of hydrogen-bond acceptors (Lipinski definition) is 3. The first-order valence-electron chi connectivity index (χ1n) is 7.72. The van der Waals surface area contributed by atoms with Crippen molar-refractivity contribution >= 4 is 21.6 Å². The highest BCUT2D eigenvalue weighted by atomic mass is 32.2. The van der Waals surface area contributed by atoms with Crippen LogP contribution in [0.25, 0.3) is 0 Å². The summed E-state index contributed by atoms with van der Waals surface area (Å²) in [5.74, 6) is 0.334. The molecule has 1 aliphatic carbocycles. The van der Waals surface area contributed by atoms with Crippen LogP contribution in [0.1, 0.15) is 39.2 Å². The molecule has 1 aromatic rings. The fourth-order valence-electron chi connectivity index (χ4n) is 3.05. The van der Waals surface area contributed by atoms with E-state index in [0.29, 0.717) is 13.1 Å². The van der Waals surface area contributed by atoms with Gasteiger partial charge in [-0.15, -0.1) is 0 Å². The van der Waals surface area contributed by atoms with Gasteiger partial charge < -0.3 is 4.90 Å². The Labute approximate surface area is 131 Å². The molecule has 1 aliphatic heterocycles. The van der Waals surface area contributed by atoms with E-state index >= 15 is 0 Å². The first-order valence-corrected chi connectivity index (χ1v) is 9.20. The molecule has 2 aliphatic rings. The van der Waals surface area contributed by atoms with Crippen LogP contribution in [0.2, 0.25) is 0 Å². The molecule has 6 heteroatoms. The van der Waals surface area contributed by atoms with Gasteiger partial charge in [0, 0.05) is 30.1 Å². The molecule has 1 amide bonds. The molecule has 5 nitrogen and oxygen atoms in total. The standard InChI is InChI=1S/C16H22N2O3S/c1-4-17-22(20,21)12-7-8-14-13(9-12)16(2,3)10-18(14)15(19)11-5-6-11/h7-9,11,17H,4-6,10H2,1-3H3. The number of nitrogens with zero attached hydrogens (tertiary/aromatic N) is 1. The van der Waals surface area contributed by atoms with Crippen molar-refractivity contribution in [2.24, 2.45) is 5.92 Å². The van der Waals surface area contributed by atoms with E-state index in [2.05, 4.69) is 18.6 Å². The maximum Gasteiger partial charge on any atom is 0.240 e. The number of fused-ring (bicyclic) bond motifs is 1. The summed E-state index contributed by atoms with van der Waals surface area (Å²) >= 11 is 0. The zero-order valence-corrected chi connectivity index (χ0v) is 14.0. The molecule has 0 spiro atoms. The van der Waals surface area contributed by atoms with Gasteiger partial charge in [-0.25, -0.2) is 13.1 Å². The Balaban J connectivity index is 2.02. The summed E-state index contributed by atoms with van der Waals surface area (Å²) in [7, 11) is -3.48. The van der Waals surface area contributed by atoms with E-state index in [0.717, 1.165) is 24.1 Å². The molecule has 1 heterocycles. The Bertz CT molecular complexity index is 721. The van der Waals surface area contributed by atoms with Crippen molar-refractivity contribution < 1.29 is 13.2 Å². The topological polar surface area (TPSA) is 66.5 Å². The Hall–Kier alpha value is -1.40. The van der Waals surface area contributed by atoms with Crippen LogP contribution in [0, 0.1) is 5.92 Å². The molecule has 3 rings (SSSR count). The monoisotopic (exact) mass is 322 g/mol. The third-order valence-electron chi connectivity index (χ3n) is 4.38. The predicted molar refractivity (Wildman–Crippen MR) is 85.4 cm³/mol. The van der Waals surface area contributed by atoms with Crippen molar-refractivity contribution in [1.82, 2.24) is 4.72 Å². The van der Waals surface area contributed by atoms with Crippen molar-refractivity contribution in [2.75, 3.05) is 18.0 Å². The molecule has 0 atom stereocenters. The second-order valence-corrected chi connectivity index (χ2v) is 8.53. The van der Waals surface area contributed by atoms with Gasteiger partial charge in [-0.05, 0) is 36.6 Å². The minimum Gasteiger partial charge on any atom is -0.311 e. The van der Waals surface area contributed by atoms with Crippen LogP contribution in [0.3, 0.4) is 0 Å². The SMILES string of the molecule is CCNS(=O)(=O)c1ccc2c(c1)C(C)(C)CN2C(=O)C1CC1. The maximum atomic E-state index is 12.4. The molecule has 0 radical (unpaired) electrons. The molecule has 0 aromatic heterocycles. The van der Waals surface area contributed by atoms with Crippen LogP contribution in [-0.4, -0.2) is 27.4 Å². The predicted octanol–water partition coefficient (Wildman–Crippen LogP) is 2.02. The number of benzene rings is 1. The van der Waals surface area contributed by atoms with Crippen molar-refractivity contribution in [3.63, 3.8) is 0 Å². The van der Waals surface area contributed by atoms with Gasteiger partial charge >= 0.3 is 0 Å². The minimum absolute atomic E-state index is 0.159. The molecule has 0 unspecified atom stereocenters. The lowest BCUT2D eigenvalue weighted by molar-refractivity contribution is -0.119. The highest BCUT2D eigenvalue weighted by Gasteiger charge is 2.43. The number of carbonyl (C=O) groups is 1. The van der Waals surface area contributed by atoms with Gasteiger partial charge in [-0.1, -0.05) is 20.8 Å². The highest BCUT2D eigenvalue weighted by molar-refractivity contribution is 7.89. The molecule has 1 saturated carbocycles. The van der Waals surface area contributed by atoms with E-state index in [4.69, 9.17) is 0 Å². The largest absolute Gasteiger partial charge is 0.311 e. The van der Waals surface area contributed by atoms with E-state index in [9.17, 15) is 13.2 Å². The second kappa shape index (κ2) is 5.06. The molecule has 1 aromatic carbocycles. The fourth-order valence-corrected chi connectivity index (χ4v) is 4.11. The lowest BCUT2D eigenvalue weighted by atomic mass is 9.87. The molecule has 0 saturated heterocycles. The minimum atomic E-state index is -3.48. The number of nitrogens with one attached hydrogen (secondary N) is 1. The van der Waals surface area contributed by atoms with Gasteiger partial charge in [-0.3, -0.25) is 4.79 Å². The average Bonchev–Trinajstić information content (AvgIpc) is 3.24. The van der Waals surface area contributed by atoms with Crippen molar-refractivity contribution in [2.45, 2.75) is 43.9 Å². The van der Waals surface area contributed by atoms with E-state index in [1.54, 1.807) is 25.1 Å². The lowest BCUT2D eigenvalue weighted by Crippen LogP contribution is -2.34. The maximum absolute atomic E-state index is 12.4. The van der Waals surface area contributed by atoms with Gasteiger partial charge in [0.1, 0.15) is 0 Å². The summed E-state index contributed by atoms with van der Waals surface area (Å²) in [6.45, 7) is 6.83. The van der Waals surface area contributed by atoms with Crippen LogP contribution >= 0.6 is 0 Å². The summed E-state index contributed by atoms with van der Waals surface area (Å²) in [6, 6.07) is 5.08. The molecule has 22 heavy (non-hydrogen) atoms. The Morgan fingerprint density at radius 3 is 2.64 bits per heavy atom. The third kappa shape index (κ3) is 2.54. The number of amides is 1. The molecule has 120 valence electrons. The van der Waals surface area contributed by atoms with Gasteiger partial charge in [0.2, 0.25) is 15.9 Å². The van der Waals surface area contributed by atoms with Crippen LogP contribution in [0.15, 0.2) is 23.1 Å². The number of hydrogen-bond donors (Lipinski definition) is 1. The van der Waals surface area contributed by atoms with Crippen LogP contribution < -0.4 is 9.62 Å². The third-order valence-corrected chi connectivity index (χ3v) is 5.92. The summed E-state index contributed by atoms with van der Waals surface area (Å²) < 4.78 is 26.9. The Morgan fingerprint density at radius 1 is 1.36 bits per heavy atom. The van der Waals surface area contributed by atoms with Crippen LogP contribution in [0.4, 0.5) is 5.69 Å². The van der Waals surface area contributed by atoms with E-state index < -0.39 is 10.0 Å². The lowest BCUT2D eigenvalue weighted by Gasteiger charge is -2.20. The van der Waals surface area contributed by atoms with E-state index in [1.807, 2.05) is 4.90 Å². The first kappa shape index (κ1) is 15.5. The summed E-state index contributed by atoms with van der Waals surface area (Å²) in [5, 5.41) is 0. The highest BCUT2D eigenvalue weighted by Crippen LogP contribution is 2.44. The second-order valence-electron chi connectivity index (χ2n) is 6.76. The summed E-state index contributed by atoms with van der Waals surface area (Å²) in [4.78, 5) is 14.5. The first-order chi connectivity index (χ1) is 10.3. The van der Waals surface area contributed by atoms with Crippen LogP contribution in [0.5, 0.6) is 0 Å². The van der Waals surface area contributed by atoms with Crippen molar-refractivity contribution in [3.05, 3.63) is 23.8 Å². The van der Waals surface area contributed by atoms with E-state index in [-0.39, 0.29) is 22.1 Å². The fraction of sp³-hybridized carbons (Fsp3) is 0.562. The number of anilines is 1. The normalized spacial score (nSPS) is 20.0. The van der Waals surface area contributed by atoms with E-state index in [1.165, 1.54) is 0 Å². The zero-order chi connectivity index (χ0) is 16.1. The summed E-state index contributed by atoms with van der Waals surface area (Å²) in [6.07, 6.45) is 1.94. The van der Waals surface area contributed by atoms with Gasteiger partial charge in [0.25, 0.3) is 0 Å². The molecule has 1 fully saturated rings. The van der Waals surface area contributed by atoms with Gasteiger partial charge in [-0.2, -0.15) is 0 Å². The van der Waals surface area contributed by atoms with Crippen molar-refractivity contribution in [1.29, 1.82) is 0 Å². The van der Waals surface area contributed by atoms with Gasteiger partial charge in [0.05, 0.1) is 4.90 Å². The average molecular weight is 322 g/mol. The Morgan fingerprint density at radius 2 is 2.05 bits per heavy atom. The smallest absolute Gasteiger partial charge is 0.240 e.